The van der Waals surface area contributed by atoms with Crippen LogP contribution in [0.15, 0.2) is 6.07 Å². The van der Waals surface area contributed by atoms with Crippen LogP contribution in [-0.4, -0.2) is 82.6 Å². The fourth-order valence-electron chi connectivity index (χ4n) is 6.52. The van der Waals surface area contributed by atoms with Crippen LogP contribution in [0, 0.1) is 31.1 Å². The van der Waals surface area contributed by atoms with Crippen LogP contribution >= 0.6 is 0 Å². The molecule has 4 rings (SSSR count). The zero-order valence-corrected chi connectivity index (χ0v) is 22.6. The number of unbranched alkanes of at least 4 members (excludes halogenated alkanes) is 1. The molecule has 36 heavy (non-hydrogen) atoms. The summed E-state index contributed by atoms with van der Waals surface area (Å²) in [7, 11) is 1.84. The van der Waals surface area contributed by atoms with Gasteiger partial charge in [-0.25, -0.2) is 9.78 Å². The Kier molecular flexibility index (Phi) is 7.61. The van der Waals surface area contributed by atoms with Crippen LogP contribution in [-0.2, 0) is 4.74 Å². The lowest BCUT2D eigenvalue weighted by Gasteiger charge is -2.54. The van der Waals surface area contributed by atoms with Crippen molar-refractivity contribution in [3.8, 4) is 6.07 Å². The number of aryl methyl sites for hydroxylation is 2. The zero-order chi connectivity index (χ0) is 26.1. The molecule has 8 heteroatoms. The highest BCUT2D eigenvalue weighted by molar-refractivity contribution is 5.96. The highest BCUT2D eigenvalue weighted by Crippen LogP contribution is 2.43. The van der Waals surface area contributed by atoms with Gasteiger partial charge in [0.15, 0.2) is 0 Å². The Morgan fingerprint density at radius 3 is 2.44 bits per heavy atom. The van der Waals surface area contributed by atoms with E-state index in [1.165, 1.54) is 0 Å². The normalized spacial score (nSPS) is 23.9. The first-order valence-electron chi connectivity index (χ1n) is 13.5. The van der Waals surface area contributed by atoms with Gasteiger partial charge in [-0.1, -0.05) is 19.8 Å². The molecule has 3 fully saturated rings. The third-order valence-corrected chi connectivity index (χ3v) is 8.97. The summed E-state index contributed by atoms with van der Waals surface area (Å²) in [5.74, 6) is 0.403. The first-order valence-corrected chi connectivity index (χ1v) is 13.5. The average Bonchev–Trinajstić information content (AvgIpc) is 2.85. The van der Waals surface area contributed by atoms with E-state index in [-0.39, 0.29) is 23.1 Å². The van der Waals surface area contributed by atoms with Crippen molar-refractivity contribution in [2.75, 3.05) is 39.8 Å². The van der Waals surface area contributed by atoms with Gasteiger partial charge in [-0.3, -0.25) is 9.69 Å². The van der Waals surface area contributed by atoms with Crippen LogP contribution < -0.4 is 0 Å². The maximum Gasteiger partial charge on any atom is 0.410 e. The largest absolute Gasteiger partial charge is 0.442 e. The number of likely N-dealkylation sites (tertiary alicyclic amines) is 2. The molecule has 1 atom stereocenters. The number of ether oxygens (including phenoxy) is 1. The molecule has 3 aliphatic rings. The standard InChI is InChI=1S/C28H41N5O3/c1-6-7-8-22-19-31(5)26(35)36-28(22)11-15-33(16-12-28)27(4)9-13-32(14-10-27)25(34)24-20(2)17-23(18-29)30-21(24)3/h17,22H,6-16,19H2,1-5H3/t22-/m0/s1. The van der Waals surface area contributed by atoms with Crippen molar-refractivity contribution in [1.82, 2.24) is 19.7 Å². The number of rotatable bonds is 5. The number of carbonyl (C=O) groups excluding carboxylic acids is 2. The van der Waals surface area contributed by atoms with Crippen LogP contribution in [0.4, 0.5) is 4.79 Å². The van der Waals surface area contributed by atoms with Gasteiger partial charge in [-0.15, -0.1) is 0 Å². The van der Waals surface area contributed by atoms with Crippen molar-refractivity contribution in [2.45, 2.75) is 83.8 Å². The molecular formula is C28H41N5O3. The van der Waals surface area contributed by atoms with Crippen molar-refractivity contribution >= 4 is 12.0 Å². The molecule has 0 aliphatic carbocycles. The van der Waals surface area contributed by atoms with Crippen molar-refractivity contribution < 1.29 is 14.3 Å². The van der Waals surface area contributed by atoms with Gasteiger partial charge in [0.1, 0.15) is 17.4 Å². The molecule has 3 saturated heterocycles. The molecule has 1 spiro atoms. The van der Waals surface area contributed by atoms with Crippen molar-refractivity contribution in [3.63, 3.8) is 0 Å². The summed E-state index contributed by atoms with van der Waals surface area (Å²) in [5.41, 5.74) is 2.10. The van der Waals surface area contributed by atoms with Gasteiger partial charge in [0.05, 0.1) is 11.3 Å². The quantitative estimate of drug-likeness (QED) is 0.605. The van der Waals surface area contributed by atoms with E-state index in [0.29, 0.717) is 36.0 Å². The lowest BCUT2D eigenvalue weighted by molar-refractivity contribution is -0.130. The number of aromatic nitrogens is 1. The number of amides is 2. The number of piperidine rings is 2. The van der Waals surface area contributed by atoms with Crippen LogP contribution in [0.5, 0.6) is 0 Å². The number of nitriles is 1. The Hall–Kier alpha value is -2.66. The highest BCUT2D eigenvalue weighted by Gasteiger charge is 2.51. The van der Waals surface area contributed by atoms with Gasteiger partial charge in [0.2, 0.25) is 0 Å². The predicted molar refractivity (Wildman–Crippen MR) is 138 cm³/mol. The van der Waals surface area contributed by atoms with E-state index in [1.54, 1.807) is 11.0 Å². The van der Waals surface area contributed by atoms with E-state index < -0.39 is 0 Å². The zero-order valence-electron chi connectivity index (χ0n) is 22.6. The lowest BCUT2D eigenvalue weighted by atomic mass is 9.74. The molecule has 0 saturated carbocycles. The monoisotopic (exact) mass is 495 g/mol. The van der Waals surface area contributed by atoms with Crippen LogP contribution in [0.25, 0.3) is 0 Å². The third-order valence-electron chi connectivity index (χ3n) is 8.97. The van der Waals surface area contributed by atoms with Gasteiger partial charge in [0, 0.05) is 64.1 Å². The van der Waals surface area contributed by atoms with E-state index >= 15 is 0 Å². The molecule has 0 N–H and O–H groups in total. The Balaban J connectivity index is 1.39. The lowest BCUT2D eigenvalue weighted by Crippen LogP contribution is -2.63. The molecule has 1 aromatic rings. The van der Waals surface area contributed by atoms with E-state index in [0.717, 1.165) is 70.1 Å². The first kappa shape index (κ1) is 26.4. The minimum absolute atomic E-state index is 0.0126. The van der Waals surface area contributed by atoms with Crippen LogP contribution in [0.2, 0.25) is 0 Å². The van der Waals surface area contributed by atoms with E-state index in [1.807, 2.05) is 25.8 Å². The number of carbonyl (C=O) groups is 2. The van der Waals surface area contributed by atoms with E-state index in [9.17, 15) is 9.59 Å². The second-order valence-corrected chi connectivity index (χ2v) is 11.3. The summed E-state index contributed by atoms with van der Waals surface area (Å²) in [6, 6.07) is 3.76. The number of pyridine rings is 1. The molecule has 3 aliphatic heterocycles. The van der Waals surface area contributed by atoms with Gasteiger partial charge >= 0.3 is 6.09 Å². The number of hydrogen-bond donors (Lipinski definition) is 0. The summed E-state index contributed by atoms with van der Waals surface area (Å²) in [5, 5.41) is 9.17. The Labute approximate surface area is 215 Å². The van der Waals surface area contributed by atoms with Crippen LogP contribution in [0.3, 0.4) is 0 Å². The Bertz CT molecular complexity index is 1010. The van der Waals surface area contributed by atoms with Gasteiger partial charge in [-0.05, 0) is 51.7 Å². The minimum Gasteiger partial charge on any atom is -0.442 e. The molecule has 0 radical (unpaired) electrons. The second kappa shape index (κ2) is 10.4. The highest BCUT2D eigenvalue weighted by atomic mass is 16.6. The molecular weight excluding hydrogens is 454 g/mol. The Morgan fingerprint density at radius 1 is 1.19 bits per heavy atom. The summed E-state index contributed by atoms with van der Waals surface area (Å²) >= 11 is 0. The summed E-state index contributed by atoms with van der Waals surface area (Å²) < 4.78 is 6.12. The maximum absolute atomic E-state index is 13.3. The predicted octanol–water partition coefficient (Wildman–Crippen LogP) is 4.29. The van der Waals surface area contributed by atoms with Gasteiger partial charge < -0.3 is 14.5 Å². The molecule has 0 aromatic carbocycles. The summed E-state index contributed by atoms with van der Waals surface area (Å²) in [6.45, 7) is 12.3. The summed E-state index contributed by atoms with van der Waals surface area (Å²) in [4.78, 5) is 36.4. The molecule has 8 nitrogen and oxygen atoms in total. The SMILES string of the molecule is CCCC[C@H]1CN(C)C(=O)OC12CCN(C1(C)CCN(C(=O)c3c(C)cc(C#N)nc3C)CC1)CC2. The smallest absolute Gasteiger partial charge is 0.410 e. The number of nitrogens with zero attached hydrogens (tertiary/aromatic N) is 5. The third kappa shape index (κ3) is 4.95. The fraction of sp³-hybridized carbons (Fsp3) is 0.714. The molecule has 0 unspecified atom stereocenters. The molecule has 2 amide bonds. The topological polar surface area (TPSA) is 89.8 Å². The van der Waals surface area contributed by atoms with E-state index in [2.05, 4.69) is 29.8 Å². The first-order chi connectivity index (χ1) is 17.1. The Morgan fingerprint density at radius 2 is 1.86 bits per heavy atom. The number of hydrogen-bond acceptors (Lipinski definition) is 6. The minimum atomic E-state index is -0.333. The van der Waals surface area contributed by atoms with E-state index in [4.69, 9.17) is 10.00 Å². The van der Waals surface area contributed by atoms with Crippen LogP contribution in [0.1, 0.15) is 86.1 Å². The van der Waals surface area contributed by atoms with Gasteiger partial charge in [0.25, 0.3) is 5.91 Å². The van der Waals surface area contributed by atoms with Crippen molar-refractivity contribution in [1.29, 1.82) is 5.26 Å². The average molecular weight is 496 g/mol. The molecule has 0 bridgehead atoms. The van der Waals surface area contributed by atoms with Crippen molar-refractivity contribution in [3.05, 3.63) is 28.6 Å². The van der Waals surface area contributed by atoms with Crippen molar-refractivity contribution in [2.24, 2.45) is 5.92 Å². The molecule has 1 aromatic heterocycles. The summed E-state index contributed by atoms with van der Waals surface area (Å²) in [6.07, 6.45) is 6.83. The second-order valence-electron chi connectivity index (χ2n) is 11.3. The molecule has 196 valence electrons. The van der Waals surface area contributed by atoms with Gasteiger partial charge in [-0.2, -0.15) is 5.26 Å². The maximum atomic E-state index is 13.3. The molecule has 4 heterocycles. The fourth-order valence-corrected chi connectivity index (χ4v) is 6.52.